The number of rotatable bonds is 9. The topological polar surface area (TPSA) is 110 Å². The van der Waals surface area contributed by atoms with Gasteiger partial charge in [-0.05, 0) is 37.0 Å². The Balaban J connectivity index is 2.07. The van der Waals surface area contributed by atoms with Crippen molar-refractivity contribution < 1.29 is 18.1 Å². The van der Waals surface area contributed by atoms with Crippen LogP contribution in [0.15, 0.2) is 42.5 Å². The van der Waals surface area contributed by atoms with Gasteiger partial charge in [-0.15, -0.1) is 0 Å². The summed E-state index contributed by atoms with van der Waals surface area (Å²) in [7, 11) is -3.66. The van der Waals surface area contributed by atoms with E-state index < -0.39 is 14.9 Å². The monoisotopic (exact) mass is 419 g/mol. The molecule has 0 bridgehead atoms. The number of nitro groups is 1. The molecule has 0 aliphatic rings. The smallest absolute Gasteiger partial charge is 0.271 e. The number of anilines is 2. The highest BCUT2D eigenvalue weighted by Crippen LogP contribution is 2.24. The number of amides is 1. The van der Waals surface area contributed by atoms with Gasteiger partial charge in [0.15, 0.2) is 0 Å². The molecule has 29 heavy (non-hydrogen) atoms. The van der Waals surface area contributed by atoms with E-state index in [1.165, 1.54) is 24.3 Å². The van der Waals surface area contributed by atoms with E-state index in [1.54, 1.807) is 0 Å². The highest BCUT2D eigenvalue weighted by atomic mass is 32.2. The van der Waals surface area contributed by atoms with Crippen LogP contribution in [0.5, 0.6) is 0 Å². The molecule has 1 N–H and O–H groups in total. The van der Waals surface area contributed by atoms with E-state index >= 15 is 0 Å². The fourth-order valence-corrected chi connectivity index (χ4v) is 3.99. The second kappa shape index (κ2) is 9.51. The minimum absolute atomic E-state index is 0.0435. The average Bonchev–Trinajstić information content (AvgIpc) is 2.66. The van der Waals surface area contributed by atoms with Gasteiger partial charge < -0.3 is 5.32 Å². The van der Waals surface area contributed by atoms with E-state index in [0.29, 0.717) is 0 Å². The van der Waals surface area contributed by atoms with Gasteiger partial charge >= 0.3 is 0 Å². The Bertz CT molecular complexity index is 1000. The van der Waals surface area contributed by atoms with E-state index in [-0.39, 0.29) is 36.7 Å². The van der Waals surface area contributed by atoms with Crippen LogP contribution in [0, 0.1) is 17.0 Å². The Morgan fingerprint density at radius 2 is 1.90 bits per heavy atom. The summed E-state index contributed by atoms with van der Waals surface area (Å²) in [6.07, 6.45) is 2.21. The summed E-state index contributed by atoms with van der Waals surface area (Å²) in [5, 5.41) is 13.9. The zero-order valence-corrected chi connectivity index (χ0v) is 17.5. The quantitative estimate of drug-likeness (QED) is 0.493. The van der Waals surface area contributed by atoms with Crippen molar-refractivity contribution in [3.8, 4) is 0 Å². The SMILES string of the molecule is CCc1cccc(C)c1NC(=O)CCCN(c1cccc([N+](=O)[O-])c1)S(C)(=O)=O. The van der Waals surface area contributed by atoms with Crippen LogP contribution in [0.2, 0.25) is 0 Å². The summed E-state index contributed by atoms with van der Waals surface area (Å²) < 4.78 is 25.4. The number of hydrogen-bond donors (Lipinski definition) is 1. The van der Waals surface area contributed by atoms with Gasteiger partial charge in [0.25, 0.3) is 5.69 Å². The summed E-state index contributed by atoms with van der Waals surface area (Å²) in [5.41, 5.74) is 2.80. The number of non-ortho nitro benzene ring substituents is 1. The first kappa shape index (κ1) is 22.4. The van der Waals surface area contributed by atoms with Crippen LogP contribution in [0.3, 0.4) is 0 Å². The summed E-state index contributed by atoms with van der Waals surface area (Å²) >= 11 is 0. The first-order valence-electron chi connectivity index (χ1n) is 9.24. The third kappa shape index (κ3) is 6.02. The maximum absolute atomic E-state index is 12.4. The van der Waals surface area contributed by atoms with Gasteiger partial charge in [0.1, 0.15) is 0 Å². The molecule has 0 saturated heterocycles. The number of nitrogens with one attached hydrogen (secondary N) is 1. The summed E-state index contributed by atoms with van der Waals surface area (Å²) in [5.74, 6) is -0.207. The fraction of sp³-hybridized carbons (Fsp3) is 0.350. The Hall–Kier alpha value is -2.94. The van der Waals surface area contributed by atoms with Crippen molar-refractivity contribution in [3.05, 3.63) is 63.7 Å². The lowest BCUT2D eigenvalue weighted by Crippen LogP contribution is -2.31. The minimum atomic E-state index is -3.66. The zero-order valence-electron chi connectivity index (χ0n) is 16.7. The molecule has 2 rings (SSSR count). The molecule has 0 heterocycles. The number of aryl methyl sites for hydroxylation is 2. The number of para-hydroxylation sites is 1. The molecule has 0 unspecified atom stereocenters. The number of carbonyl (C=O) groups is 1. The second-order valence-electron chi connectivity index (χ2n) is 6.73. The molecule has 2 aromatic carbocycles. The Kier molecular flexibility index (Phi) is 7.33. The molecule has 2 aromatic rings. The number of hydrogen-bond acceptors (Lipinski definition) is 5. The van der Waals surface area contributed by atoms with E-state index in [1.807, 2.05) is 32.0 Å². The van der Waals surface area contributed by atoms with Crippen molar-refractivity contribution in [1.82, 2.24) is 0 Å². The number of nitro benzene ring substituents is 1. The Morgan fingerprint density at radius 3 is 2.52 bits per heavy atom. The van der Waals surface area contributed by atoms with Crippen LogP contribution in [0.25, 0.3) is 0 Å². The van der Waals surface area contributed by atoms with E-state index in [2.05, 4.69) is 5.32 Å². The van der Waals surface area contributed by atoms with Crippen molar-refractivity contribution in [1.29, 1.82) is 0 Å². The average molecular weight is 420 g/mol. The lowest BCUT2D eigenvalue weighted by atomic mass is 10.1. The predicted octanol–water partition coefficient (Wildman–Crippen LogP) is 3.65. The normalized spacial score (nSPS) is 11.1. The molecular weight excluding hydrogens is 394 g/mol. The largest absolute Gasteiger partial charge is 0.326 e. The van der Waals surface area contributed by atoms with Crippen LogP contribution < -0.4 is 9.62 Å². The van der Waals surface area contributed by atoms with E-state index in [4.69, 9.17) is 0 Å². The van der Waals surface area contributed by atoms with Crippen LogP contribution in [-0.4, -0.2) is 32.0 Å². The lowest BCUT2D eigenvalue weighted by Gasteiger charge is -2.22. The van der Waals surface area contributed by atoms with Crippen molar-refractivity contribution in [2.75, 3.05) is 22.4 Å². The maximum atomic E-state index is 12.4. The summed E-state index contributed by atoms with van der Waals surface area (Å²) in [4.78, 5) is 22.8. The molecule has 9 heteroatoms. The zero-order chi connectivity index (χ0) is 21.6. The molecule has 8 nitrogen and oxygen atoms in total. The summed E-state index contributed by atoms with van der Waals surface area (Å²) in [6, 6.07) is 11.2. The van der Waals surface area contributed by atoms with Gasteiger partial charge in [0.05, 0.1) is 16.9 Å². The molecular formula is C20H25N3O5S. The van der Waals surface area contributed by atoms with Crippen molar-refractivity contribution in [2.24, 2.45) is 0 Å². The van der Waals surface area contributed by atoms with Gasteiger partial charge in [-0.25, -0.2) is 8.42 Å². The maximum Gasteiger partial charge on any atom is 0.271 e. The van der Waals surface area contributed by atoms with Crippen LogP contribution >= 0.6 is 0 Å². The third-order valence-electron chi connectivity index (χ3n) is 4.50. The second-order valence-corrected chi connectivity index (χ2v) is 8.63. The Labute approximate surface area is 170 Å². The van der Waals surface area contributed by atoms with Gasteiger partial charge in [-0.3, -0.25) is 19.2 Å². The molecule has 0 fully saturated rings. The molecule has 0 aliphatic heterocycles. The van der Waals surface area contributed by atoms with Gasteiger partial charge in [-0.2, -0.15) is 0 Å². The molecule has 0 spiro atoms. The number of benzene rings is 2. The van der Waals surface area contributed by atoms with Crippen molar-refractivity contribution in [3.63, 3.8) is 0 Å². The van der Waals surface area contributed by atoms with Gasteiger partial charge in [0.2, 0.25) is 15.9 Å². The highest BCUT2D eigenvalue weighted by Gasteiger charge is 2.20. The standard InChI is InChI=1S/C20H25N3O5S/c1-4-16-9-5-8-15(2)20(16)21-19(24)12-7-13-22(29(3,27)28)17-10-6-11-18(14-17)23(25)26/h5-6,8-11,14H,4,7,12-13H2,1-3H3,(H,21,24). The van der Waals surface area contributed by atoms with Crippen LogP contribution in [0.1, 0.15) is 30.9 Å². The van der Waals surface area contributed by atoms with E-state index in [9.17, 15) is 23.3 Å². The van der Waals surface area contributed by atoms with E-state index in [0.717, 1.165) is 33.8 Å². The molecule has 0 saturated carbocycles. The van der Waals surface area contributed by atoms with Gasteiger partial charge in [-0.1, -0.05) is 31.2 Å². The Morgan fingerprint density at radius 1 is 1.21 bits per heavy atom. The van der Waals surface area contributed by atoms with Gasteiger partial charge in [0, 0.05) is 30.8 Å². The molecule has 0 radical (unpaired) electrons. The first-order valence-corrected chi connectivity index (χ1v) is 11.1. The molecule has 0 aromatic heterocycles. The number of carbonyl (C=O) groups excluding carboxylic acids is 1. The summed E-state index contributed by atoms with van der Waals surface area (Å²) in [6.45, 7) is 3.97. The molecule has 0 atom stereocenters. The van der Waals surface area contributed by atoms with Crippen molar-refractivity contribution >= 4 is 33.0 Å². The third-order valence-corrected chi connectivity index (χ3v) is 5.69. The van der Waals surface area contributed by atoms with Crippen LogP contribution in [-0.2, 0) is 21.2 Å². The highest BCUT2D eigenvalue weighted by molar-refractivity contribution is 7.92. The molecule has 1 amide bonds. The number of sulfonamides is 1. The van der Waals surface area contributed by atoms with Crippen molar-refractivity contribution in [2.45, 2.75) is 33.1 Å². The van der Waals surface area contributed by atoms with Crippen LogP contribution in [0.4, 0.5) is 17.1 Å². The predicted molar refractivity (Wildman–Crippen MR) is 114 cm³/mol. The first-order chi connectivity index (χ1) is 13.6. The number of nitrogens with zero attached hydrogens (tertiary/aromatic N) is 2. The molecule has 156 valence electrons. The molecule has 0 aliphatic carbocycles. The fourth-order valence-electron chi connectivity index (χ4n) is 3.04. The minimum Gasteiger partial charge on any atom is -0.326 e. The lowest BCUT2D eigenvalue weighted by molar-refractivity contribution is -0.384.